The van der Waals surface area contributed by atoms with Gasteiger partial charge in [-0.25, -0.2) is 0 Å². The van der Waals surface area contributed by atoms with E-state index in [1.165, 1.54) is 0 Å². The minimum Gasteiger partial charge on any atom is -0.383 e. The molecule has 0 aromatic rings. The van der Waals surface area contributed by atoms with E-state index in [0.29, 0.717) is 6.42 Å². The molecular weight excluding hydrogens is 230 g/mol. The molecule has 11 heavy (non-hydrogen) atoms. The summed E-state index contributed by atoms with van der Waals surface area (Å²) < 4.78 is -2.84. The highest BCUT2D eigenvalue weighted by atomic mass is 35.5. The quantitative estimate of drug-likeness (QED) is 0.733. The van der Waals surface area contributed by atoms with E-state index in [1.54, 1.807) is 0 Å². The van der Waals surface area contributed by atoms with Gasteiger partial charge in [-0.3, -0.25) is 0 Å². The molecule has 1 aliphatic carbocycles. The number of hydrogen-bond donors (Lipinski definition) is 1. The van der Waals surface area contributed by atoms with Crippen LogP contribution in [-0.4, -0.2) is 19.4 Å². The minimum absolute atomic E-state index is 0.410. The van der Waals surface area contributed by atoms with E-state index in [4.69, 9.17) is 46.4 Å². The molecule has 0 aromatic heterocycles. The van der Waals surface area contributed by atoms with Crippen molar-refractivity contribution in [2.24, 2.45) is 0 Å². The Morgan fingerprint density at radius 2 is 1.45 bits per heavy atom. The van der Waals surface area contributed by atoms with E-state index in [-0.39, 0.29) is 0 Å². The first-order chi connectivity index (χ1) is 4.81. The summed E-state index contributed by atoms with van der Waals surface area (Å²) in [4.78, 5) is 0. The standard InChI is InChI=1S/C6H8Cl4O/c1-2-3-4(11)5(7,8)6(4,9)10/h11H,2-3H2,1H3. The van der Waals surface area contributed by atoms with Crippen LogP contribution in [0.1, 0.15) is 19.8 Å². The summed E-state index contributed by atoms with van der Waals surface area (Å²) >= 11 is 22.7. The normalized spacial score (nSPS) is 30.0. The molecule has 0 spiro atoms. The highest BCUT2D eigenvalue weighted by Crippen LogP contribution is 2.73. The molecule has 0 saturated heterocycles. The summed E-state index contributed by atoms with van der Waals surface area (Å²) in [5.74, 6) is 0. The number of aliphatic hydroxyl groups is 1. The van der Waals surface area contributed by atoms with Crippen LogP contribution < -0.4 is 0 Å². The summed E-state index contributed by atoms with van der Waals surface area (Å²) in [5.41, 5.74) is -1.35. The Morgan fingerprint density at radius 1 is 1.09 bits per heavy atom. The molecule has 0 aromatic carbocycles. The zero-order valence-corrected chi connectivity index (χ0v) is 8.90. The van der Waals surface area contributed by atoms with Crippen LogP contribution in [0, 0.1) is 0 Å². The van der Waals surface area contributed by atoms with Crippen LogP contribution in [-0.2, 0) is 0 Å². The fraction of sp³-hybridized carbons (Fsp3) is 1.00. The van der Waals surface area contributed by atoms with Crippen LogP contribution in [0.3, 0.4) is 0 Å². The van der Waals surface area contributed by atoms with Gasteiger partial charge >= 0.3 is 0 Å². The molecular formula is C6H8Cl4O. The second-order valence-electron chi connectivity index (χ2n) is 2.76. The van der Waals surface area contributed by atoms with Gasteiger partial charge in [0.15, 0.2) is 8.67 Å². The fourth-order valence-electron chi connectivity index (χ4n) is 1.13. The molecule has 1 saturated carbocycles. The third kappa shape index (κ3) is 1.02. The van der Waals surface area contributed by atoms with Crippen molar-refractivity contribution in [3.8, 4) is 0 Å². The van der Waals surface area contributed by atoms with Crippen LogP contribution in [0.25, 0.3) is 0 Å². The van der Waals surface area contributed by atoms with E-state index >= 15 is 0 Å². The smallest absolute Gasteiger partial charge is 0.185 e. The number of rotatable bonds is 2. The largest absolute Gasteiger partial charge is 0.383 e. The van der Waals surface area contributed by atoms with Gasteiger partial charge in [-0.15, -0.1) is 0 Å². The van der Waals surface area contributed by atoms with Gasteiger partial charge in [0.2, 0.25) is 0 Å². The van der Waals surface area contributed by atoms with Crippen molar-refractivity contribution < 1.29 is 5.11 Å². The van der Waals surface area contributed by atoms with E-state index in [2.05, 4.69) is 0 Å². The lowest BCUT2D eigenvalue weighted by molar-refractivity contribution is 0.133. The van der Waals surface area contributed by atoms with Gasteiger partial charge in [0, 0.05) is 0 Å². The Morgan fingerprint density at radius 3 is 1.55 bits per heavy atom. The second kappa shape index (κ2) is 2.55. The average Bonchev–Trinajstić information content (AvgIpc) is 2.12. The monoisotopic (exact) mass is 236 g/mol. The summed E-state index contributed by atoms with van der Waals surface area (Å²) in [5, 5.41) is 9.66. The zero-order chi connectivity index (χ0) is 8.91. The van der Waals surface area contributed by atoms with Gasteiger partial charge in [-0.2, -0.15) is 0 Å². The van der Waals surface area contributed by atoms with Crippen molar-refractivity contribution in [3.05, 3.63) is 0 Å². The SMILES string of the molecule is CCCC1(O)C(Cl)(Cl)C1(Cl)Cl. The van der Waals surface area contributed by atoms with Crippen molar-refractivity contribution in [3.63, 3.8) is 0 Å². The first kappa shape index (κ1) is 10.2. The fourth-order valence-corrected chi connectivity index (χ4v) is 2.71. The van der Waals surface area contributed by atoms with Gasteiger partial charge in [0.25, 0.3) is 0 Å². The maximum absolute atomic E-state index is 9.66. The van der Waals surface area contributed by atoms with Gasteiger partial charge in [0.05, 0.1) is 0 Å². The summed E-state index contributed by atoms with van der Waals surface area (Å²) in [7, 11) is 0. The molecule has 0 bridgehead atoms. The lowest BCUT2D eigenvalue weighted by Gasteiger charge is -2.07. The highest BCUT2D eigenvalue weighted by molar-refractivity contribution is 6.69. The molecule has 0 heterocycles. The van der Waals surface area contributed by atoms with Gasteiger partial charge in [0.1, 0.15) is 5.60 Å². The first-order valence-electron chi connectivity index (χ1n) is 3.29. The second-order valence-corrected chi connectivity index (χ2v) is 5.41. The molecule has 5 heteroatoms. The molecule has 1 nitrogen and oxygen atoms in total. The number of halogens is 4. The number of alkyl halides is 4. The Hall–Kier alpha value is 1.12. The maximum Gasteiger partial charge on any atom is 0.185 e. The van der Waals surface area contributed by atoms with Crippen LogP contribution in [0.5, 0.6) is 0 Å². The molecule has 1 rings (SSSR count). The molecule has 1 N–H and O–H groups in total. The van der Waals surface area contributed by atoms with Gasteiger partial charge in [-0.05, 0) is 6.42 Å². The van der Waals surface area contributed by atoms with Crippen molar-refractivity contribution in [1.82, 2.24) is 0 Å². The lowest BCUT2D eigenvalue weighted by atomic mass is 10.2. The Bertz CT molecular complexity index is 163. The van der Waals surface area contributed by atoms with Crippen molar-refractivity contribution >= 4 is 46.4 Å². The van der Waals surface area contributed by atoms with E-state index in [9.17, 15) is 5.11 Å². The van der Waals surface area contributed by atoms with Crippen LogP contribution in [0.4, 0.5) is 0 Å². The predicted molar refractivity (Wildman–Crippen MR) is 48.7 cm³/mol. The topological polar surface area (TPSA) is 20.2 Å². The molecule has 0 aliphatic heterocycles. The summed E-state index contributed by atoms with van der Waals surface area (Å²) in [6.07, 6.45) is 1.14. The molecule has 0 unspecified atom stereocenters. The maximum atomic E-state index is 9.66. The number of hydrogen-bond acceptors (Lipinski definition) is 1. The van der Waals surface area contributed by atoms with E-state index in [0.717, 1.165) is 6.42 Å². The average molecular weight is 238 g/mol. The third-order valence-corrected chi connectivity index (χ3v) is 4.75. The highest BCUT2D eigenvalue weighted by Gasteiger charge is 2.86. The molecule has 0 atom stereocenters. The van der Waals surface area contributed by atoms with Crippen molar-refractivity contribution in [2.75, 3.05) is 0 Å². The van der Waals surface area contributed by atoms with Crippen LogP contribution in [0.15, 0.2) is 0 Å². The lowest BCUT2D eigenvalue weighted by Crippen LogP contribution is -2.17. The zero-order valence-electron chi connectivity index (χ0n) is 5.87. The minimum atomic E-state index is -1.42. The molecule has 0 radical (unpaired) electrons. The Balaban J connectivity index is 2.78. The van der Waals surface area contributed by atoms with Crippen molar-refractivity contribution in [1.29, 1.82) is 0 Å². The summed E-state index contributed by atoms with van der Waals surface area (Å²) in [6.45, 7) is 1.89. The third-order valence-electron chi connectivity index (χ3n) is 1.98. The molecule has 1 aliphatic rings. The van der Waals surface area contributed by atoms with Gasteiger partial charge in [-0.1, -0.05) is 59.7 Å². The first-order valence-corrected chi connectivity index (χ1v) is 4.80. The Labute approximate surface area is 85.6 Å². The summed E-state index contributed by atoms with van der Waals surface area (Å²) in [6, 6.07) is 0. The molecule has 66 valence electrons. The van der Waals surface area contributed by atoms with E-state index < -0.39 is 14.3 Å². The molecule has 0 amide bonds. The van der Waals surface area contributed by atoms with Crippen LogP contribution in [0.2, 0.25) is 0 Å². The van der Waals surface area contributed by atoms with Crippen molar-refractivity contribution in [2.45, 2.75) is 34.0 Å². The molecule has 1 fully saturated rings. The Kier molecular flexibility index (Phi) is 2.37. The van der Waals surface area contributed by atoms with Gasteiger partial charge < -0.3 is 5.11 Å². The van der Waals surface area contributed by atoms with E-state index in [1.807, 2.05) is 6.92 Å². The predicted octanol–water partition coefficient (Wildman–Crippen LogP) is 2.88. The van der Waals surface area contributed by atoms with Crippen LogP contribution >= 0.6 is 46.4 Å².